The smallest absolute Gasteiger partial charge is 0.308 e. The molecule has 0 aliphatic rings. The Kier molecular flexibility index (Phi) is 6.35. The molecule has 0 fully saturated rings. The van der Waals surface area contributed by atoms with Crippen LogP contribution in [0.1, 0.15) is 25.0 Å². The van der Waals surface area contributed by atoms with Gasteiger partial charge in [0, 0.05) is 0 Å². The van der Waals surface area contributed by atoms with E-state index >= 15 is 0 Å². The maximum atomic E-state index is 11.9. The van der Waals surface area contributed by atoms with Crippen LogP contribution < -0.4 is 11.1 Å². The first-order valence-electron chi connectivity index (χ1n) is 6.44. The van der Waals surface area contributed by atoms with E-state index in [0.29, 0.717) is 5.56 Å². The zero-order valence-electron chi connectivity index (χ0n) is 11.6. The van der Waals surface area contributed by atoms with Crippen LogP contribution in [0.5, 0.6) is 0 Å². The van der Waals surface area contributed by atoms with Crippen LogP contribution in [-0.4, -0.2) is 35.5 Å². The summed E-state index contributed by atoms with van der Waals surface area (Å²) in [5.74, 6) is -2.35. The lowest BCUT2D eigenvalue weighted by molar-refractivity contribution is -0.145. The molecule has 0 aromatic heterocycles. The average Bonchev–Trinajstić information content (AvgIpc) is 2.46. The van der Waals surface area contributed by atoms with Gasteiger partial charge in [-0.25, -0.2) is 0 Å². The SMILES string of the molecule is CCOC(=O)C[C@@H](NC(=O)[C@@H](O)c1ccccc1)C(N)=O. The van der Waals surface area contributed by atoms with Gasteiger partial charge in [0.25, 0.3) is 5.91 Å². The van der Waals surface area contributed by atoms with E-state index in [1.165, 1.54) is 0 Å². The van der Waals surface area contributed by atoms with Crippen LogP contribution in [-0.2, 0) is 19.1 Å². The van der Waals surface area contributed by atoms with Crippen molar-refractivity contribution in [3.05, 3.63) is 35.9 Å². The Morgan fingerprint density at radius 1 is 1.29 bits per heavy atom. The van der Waals surface area contributed by atoms with Gasteiger partial charge in [0.2, 0.25) is 5.91 Å². The maximum absolute atomic E-state index is 11.9. The number of carbonyl (C=O) groups is 3. The highest BCUT2D eigenvalue weighted by molar-refractivity contribution is 5.91. The molecule has 7 nitrogen and oxygen atoms in total. The molecule has 1 rings (SSSR count). The number of hydrogen-bond acceptors (Lipinski definition) is 5. The first-order chi connectivity index (χ1) is 9.95. The monoisotopic (exact) mass is 294 g/mol. The zero-order chi connectivity index (χ0) is 15.8. The Morgan fingerprint density at radius 2 is 1.90 bits per heavy atom. The summed E-state index contributed by atoms with van der Waals surface area (Å²) in [6, 6.07) is 6.96. The highest BCUT2D eigenvalue weighted by Crippen LogP contribution is 2.12. The molecule has 1 aromatic carbocycles. The van der Waals surface area contributed by atoms with Gasteiger partial charge in [0.1, 0.15) is 6.04 Å². The van der Waals surface area contributed by atoms with E-state index in [4.69, 9.17) is 5.73 Å². The number of aliphatic hydroxyl groups is 1. The molecule has 0 unspecified atom stereocenters. The molecule has 0 saturated carbocycles. The predicted molar refractivity (Wildman–Crippen MR) is 73.8 cm³/mol. The second-order valence-electron chi connectivity index (χ2n) is 4.29. The number of nitrogens with one attached hydrogen (secondary N) is 1. The first kappa shape index (κ1) is 16.6. The van der Waals surface area contributed by atoms with Crippen molar-refractivity contribution in [1.29, 1.82) is 0 Å². The van der Waals surface area contributed by atoms with Gasteiger partial charge < -0.3 is 20.9 Å². The molecule has 114 valence electrons. The average molecular weight is 294 g/mol. The minimum Gasteiger partial charge on any atom is -0.466 e. The van der Waals surface area contributed by atoms with Gasteiger partial charge in [-0.2, -0.15) is 0 Å². The molecular weight excluding hydrogens is 276 g/mol. The Balaban J connectivity index is 2.68. The highest BCUT2D eigenvalue weighted by Gasteiger charge is 2.26. The molecule has 0 heterocycles. The van der Waals surface area contributed by atoms with E-state index in [2.05, 4.69) is 10.1 Å². The molecule has 4 N–H and O–H groups in total. The van der Waals surface area contributed by atoms with Gasteiger partial charge in [-0.15, -0.1) is 0 Å². The second-order valence-corrected chi connectivity index (χ2v) is 4.29. The molecule has 21 heavy (non-hydrogen) atoms. The second kappa shape index (κ2) is 8.01. The largest absolute Gasteiger partial charge is 0.466 e. The molecule has 0 radical (unpaired) electrons. The fourth-order valence-electron chi connectivity index (χ4n) is 1.65. The number of hydrogen-bond donors (Lipinski definition) is 3. The van der Waals surface area contributed by atoms with Crippen molar-refractivity contribution in [2.24, 2.45) is 5.73 Å². The van der Waals surface area contributed by atoms with Crippen LogP contribution in [0, 0.1) is 0 Å². The standard InChI is InChI=1S/C14H18N2O5/c1-2-21-11(17)8-10(13(15)19)16-14(20)12(18)9-6-4-3-5-7-9/h3-7,10,12,18H,2,8H2,1H3,(H2,15,19)(H,16,20)/t10-,12+/m1/s1. The van der Waals surface area contributed by atoms with Crippen molar-refractivity contribution < 1.29 is 24.2 Å². The number of benzene rings is 1. The Bertz CT molecular complexity index is 503. The summed E-state index contributed by atoms with van der Waals surface area (Å²) in [5, 5.41) is 12.1. The summed E-state index contributed by atoms with van der Waals surface area (Å²) in [4.78, 5) is 34.5. The summed E-state index contributed by atoms with van der Waals surface area (Å²) >= 11 is 0. The van der Waals surface area contributed by atoms with Crippen LogP contribution in [0.25, 0.3) is 0 Å². The molecule has 0 spiro atoms. The van der Waals surface area contributed by atoms with Gasteiger partial charge in [-0.1, -0.05) is 30.3 Å². The number of nitrogens with two attached hydrogens (primary N) is 1. The van der Waals surface area contributed by atoms with E-state index in [9.17, 15) is 19.5 Å². The summed E-state index contributed by atoms with van der Waals surface area (Å²) < 4.78 is 4.69. The fourth-order valence-corrected chi connectivity index (χ4v) is 1.65. The number of primary amides is 1. The van der Waals surface area contributed by atoms with Crippen LogP contribution in [0.15, 0.2) is 30.3 Å². The van der Waals surface area contributed by atoms with E-state index in [1.807, 2.05) is 0 Å². The lowest BCUT2D eigenvalue weighted by Gasteiger charge is -2.17. The summed E-state index contributed by atoms with van der Waals surface area (Å²) in [6.45, 7) is 1.78. The van der Waals surface area contributed by atoms with Crippen molar-refractivity contribution in [2.45, 2.75) is 25.5 Å². The third-order valence-corrected chi connectivity index (χ3v) is 2.70. The molecule has 2 amide bonds. The first-order valence-corrected chi connectivity index (χ1v) is 6.44. The number of aliphatic hydroxyl groups excluding tert-OH is 1. The van der Waals surface area contributed by atoms with Gasteiger partial charge in [0.05, 0.1) is 13.0 Å². The van der Waals surface area contributed by atoms with E-state index in [-0.39, 0.29) is 13.0 Å². The van der Waals surface area contributed by atoms with Crippen LogP contribution in [0.4, 0.5) is 0 Å². The van der Waals surface area contributed by atoms with Crippen molar-refractivity contribution in [2.75, 3.05) is 6.61 Å². The van der Waals surface area contributed by atoms with Crippen molar-refractivity contribution in [1.82, 2.24) is 5.32 Å². The number of amides is 2. The predicted octanol–water partition coefficient (Wildman–Crippen LogP) is -0.357. The van der Waals surface area contributed by atoms with Gasteiger partial charge in [-0.05, 0) is 12.5 Å². The van der Waals surface area contributed by atoms with E-state index in [1.54, 1.807) is 37.3 Å². The van der Waals surface area contributed by atoms with Gasteiger partial charge >= 0.3 is 5.97 Å². The third kappa shape index (κ3) is 5.23. The molecule has 7 heteroatoms. The molecular formula is C14H18N2O5. The lowest BCUT2D eigenvalue weighted by atomic mass is 10.1. The summed E-state index contributed by atoms with van der Waals surface area (Å²) in [5.41, 5.74) is 5.49. The number of rotatable bonds is 7. The molecule has 1 aromatic rings. The lowest BCUT2D eigenvalue weighted by Crippen LogP contribution is -2.47. The number of ether oxygens (including phenoxy) is 1. The van der Waals surface area contributed by atoms with Crippen molar-refractivity contribution >= 4 is 17.8 Å². The quantitative estimate of drug-likeness (QED) is 0.594. The number of esters is 1. The third-order valence-electron chi connectivity index (χ3n) is 2.70. The maximum Gasteiger partial charge on any atom is 0.308 e. The van der Waals surface area contributed by atoms with Gasteiger partial charge in [-0.3, -0.25) is 14.4 Å². The minimum absolute atomic E-state index is 0.158. The van der Waals surface area contributed by atoms with Crippen LogP contribution in [0.2, 0.25) is 0 Å². The minimum atomic E-state index is -1.45. The fraction of sp³-hybridized carbons (Fsp3) is 0.357. The van der Waals surface area contributed by atoms with Crippen LogP contribution >= 0.6 is 0 Å². The van der Waals surface area contributed by atoms with Gasteiger partial charge in [0.15, 0.2) is 6.10 Å². The molecule has 2 atom stereocenters. The molecule has 0 bridgehead atoms. The van der Waals surface area contributed by atoms with E-state index in [0.717, 1.165) is 0 Å². The molecule has 0 aliphatic heterocycles. The van der Waals surface area contributed by atoms with Crippen LogP contribution in [0.3, 0.4) is 0 Å². The molecule has 0 aliphatic carbocycles. The topological polar surface area (TPSA) is 119 Å². The number of carbonyl (C=O) groups excluding carboxylic acids is 3. The molecule has 0 saturated heterocycles. The van der Waals surface area contributed by atoms with Crippen molar-refractivity contribution in [3.8, 4) is 0 Å². The van der Waals surface area contributed by atoms with Crippen molar-refractivity contribution in [3.63, 3.8) is 0 Å². The normalized spacial score (nSPS) is 13.0. The summed E-state index contributed by atoms with van der Waals surface area (Å²) in [6.07, 6.45) is -1.83. The Morgan fingerprint density at radius 3 is 2.43 bits per heavy atom. The Hall–Kier alpha value is -2.41. The summed E-state index contributed by atoms with van der Waals surface area (Å²) in [7, 11) is 0. The van der Waals surface area contributed by atoms with E-state index < -0.39 is 29.9 Å². The zero-order valence-corrected chi connectivity index (χ0v) is 11.6. The Labute approximate surface area is 122 Å². The highest BCUT2D eigenvalue weighted by atomic mass is 16.5.